The quantitative estimate of drug-likeness (QED) is 0.803. The van der Waals surface area contributed by atoms with Crippen molar-refractivity contribution in [3.63, 3.8) is 0 Å². The molecular weight excluding hydrogens is 271 g/mol. The third-order valence-corrected chi connectivity index (χ3v) is 4.47. The van der Waals surface area contributed by atoms with Crippen molar-refractivity contribution in [2.45, 2.75) is 56.8 Å². The topological polar surface area (TPSA) is 24.5 Å². The Morgan fingerprint density at radius 2 is 1.44 bits per heavy atom. The van der Waals surface area contributed by atoms with Crippen LogP contribution in [0.25, 0.3) is 0 Å². The first-order valence-electron chi connectivity index (χ1n) is 6.78. The van der Waals surface area contributed by atoms with Gasteiger partial charge in [0.2, 0.25) is 0 Å². The normalized spacial score (nSPS) is 28.8. The lowest BCUT2D eigenvalue weighted by Crippen LogP contribution is -2.61. The first-order valence-corrected chi connectivity index (χ1v) is 6.78. The fraction of sp³-hybridized carbons (Fsp3) is 1.00. The van der Waals surface area contributed by atoms with Gasteiger partial charge in [-0.1, -0.05) is 0 Å². The van der Waals surface area contributed by atoms with Crippen molar-refractivity contribution in [3.8, 4) is 0 Å². The van der Waals surface area contributed by atoms with Crippen molar-refractivity contribution >= 4 is 24.8 Å². The minimum atomic E-state index is 0. The van der Waals surface area contributed by atoms with Crippen LogP contribution in [0, 0.1) is 0 Å². The molecule has 0 aromatic carbocycles. The third-order valence-electron chi connectivity index (χ3n) is 4.47. The highest BCUT2D eigenvalue weighted by atomic mass is 35.5. The zero-order chi connectivity index (χ0) is 11.2. The highest BCUT2D eigenvalue weighted by Gasteiger charge is 2.55. The number of rotatable bonds is 1. The van der Waals surface area contributed by atoms with Crippen LogP contribution in [0.3, 0.4) is 0 Å². The van der Waals surface area contributed by atoms with Gasteiger partial charge in [0.05, 0.1) is 11.2 Å². The zero-order valence-electron chi connectivity index (χ0n) is 11.4. The maximum Gasteiger partial charge on any atom is 0.0841 e. The average Bonchev–Trinajstić information content (AvgIpc) is 2.97. The smallest absolute Gasteiger partial charge is 0.0841 e. The molecule has 2 saturated heterocycles. The summed E-state index contributed by atoms with van der Waals surface area (Å²) in [7, 11) is 0. The summed E-state index contributed by atoms with van der Waals surface area (Å²) in [6, 6.07) is 0.660. The van der Waals surface area contributed by atoms with Gasteiger partial charge in [0.25, 0.3) is 0 Å². The van der Waals surface area contributed by atoms with Gasteiger partial charge < -0.3 is 10.1 Å². The van der Waals surface area contributed by atoms with Crippen molar-refractivity contribution in [2.24, 2.45) is 0 Å². The van der Waals surface area contributed by atoms with Crippen LogP contribution in [0.5, 0.6) is 0 Å². The second-order valence-corrected chi connectivity index (χ2v) is 6.22. The number of nitrogens with zero attached hydrogens (tertiary/aromatic N) is 1. The predicted molar refractivity (Wildman–Crippen MR) is 79.1 cm³/mol. The summed E-state index contributed by atoms with van der Waals surface area (Å²) in [5, 5.41) is 3.45. The van der Waals surface area contributed by atoms with Crippen LogP contribution < -0.4 is 5.32 Å². The van der Waals surface area contributed by atoms with E-state index < -0.39 is 0 Å². The molecule has 0 atom stereocenters. The van der Waals surface area contributed by atoms with E-state index in [-0.39, 0.29) is 36.0 Å². The molecule has 3 nitrogen and oxygen atoms in total. The van der Waals surface area contributed by atoms with Gasteiger partial charge in [0.15, 0.2) is 0 Å². The fourth-order valence-electron chi connectivity index (χ4n) is 3.23. The molecule has 108 valence electrons. The van der Waals surface area contributed by atoms with Crippen molar-refractivity contribution < 1.29 is 4.74 Å². The molecule has 0 bridgehead atoms. The summed E-state index contributed by atoms with van der Waals surface area (Å²) in [5.74, 6) is 0. The van der Waals surface area contributed by atoms with Crippen LogP contribution in [-0.4, -0.2) is 48.3 Å². The van der Waals surface area contributed by atoms with Crippen molar-refractivity contribution in [2.75, 3.05) is 26.2 Å². The van der Waals surface area contributed by atoms with Crippen molar-refractivity contribution in [3.05, 3.63) is 0 Å². The Bertz CT molecular complexity index is 276. The lowest BCUT2D eigenvalue weighted by molar-refractivity contribution is -0.184. The van der Waals surface area contributed by atoms with Gasteiger partial charge in [0.1, 0.15) is 0 Å². The summed E-state index contributed by atoms with van der Waals surface area (Å²) >= 11 is 0. The van der Waals surface area contributed by atoms with Gasteiger partial charge in [-0.2, -0.15) is 0 Å². The zero-order valence-corrected chi connectivity index (χ0v) is 13.0. The highest BCUT2D eigenvalue weighted by molar-refractivity contribution is 5.85. The molecule has 2 spiro atoms. The van der Waals surface area contributed by atoms with E-state index in [0.29, 0.717) is 6.04 Å². The first kappa shape index (κ1) is 16.5. The van der Waals surface area contributed by atoms with Crippen LogP contribution in [0.15, 0.2) is 0 Å². The molecule has 2 heterocycles. The van der Waals surface area contributed by atoms with Gasteiger partial charge in [-0.3, -0.25) is 4.90 Å². The minimum Gasteiger partial charge on any atom is -0.366 e. The van der Waals surface area contributed by atoms with E-state index in [1.807, 2.05) is 0 Å². The molecule has 5 heteroatoms. The molecule has 1 aliphatic carbocycles. The van der Waals surface area contributed by atoms with E-state index in [1.54, 1.807) is 0 Å². The molecule has 0 unspecified atom stereocenters. The number of morpholine rings is 1. The van der Waals surface area contributed by atoms with E-state index in [0.717, 1.165) is 19.6 Å². The largest absolute Gasteiger partial charge is 0.366 e. The molecule has 0 aromatic heterocycles. The maximum absolute atomic E-state index is 6.51. The van der Waals surface area contributed by atoms with Crippen LogP contribution in [-0.2, 0) is 4.74 Å². The van der Waals surface area contributed by atoms with E-state index in [4.69, 9.17) is 4.74 Å². The standard InChI is InChI=1S/C13H24N2O.2ClH/c1-11(2)15-9-12(3-4-12)16-13(10-15)5-7-14-8-6-13;;/h11,14H,3-10H2,1-2H3;2*1H. The van der Waals surface area contributed by atoms with Crippen LogP contribution >= 0.6 is 24.8 Å². The summed E-state index contributed by atoms with van der Waals surface area (Å²) in [5.41, 5.74) is 0.421. The summed E-state index contributed by atoms with van der Waals surface area (Å²) in [4.78, 5) is 2.64. The van der Waals surface area contributed by atoms with Gasteiger partial charge >= 0.3 is 0 Å². The van der Waals surface area contributed by atoms with Crippen LogP contribution in [0.4, 0.5) is 0 Å². The minimum absolute atomic E-state index is 0. The Labute approximate surface area is 123 Å². The monoisotopic (exact) mass is 296 g/mol. The van der Waals surface area contributed by atoms with Gasteiger partial charge in [-0.25, -0.2) is 0 Å². The van der Waals surface area contributed by atoms with Crippen molar-refractivity contribution in [1.29, 1.82) is 0 Å². The lowest BCUT2D eigenvalue weighted by atomic mass is 9.88. The van der Waals surface area contributed by atoms with E-state index in [9.17, 15) is 0 Å². The van der Waals surface area contributed by atoms with Gasteiger partial charge in [-0.05, 0) is 52.6 Å². The number of hydrogen-bond donors (Lipinski definition) is 1. The Morgan fingerprint density at radius 3 is 1.89 bits per heavy atom. The number of nitrogens with one attached hydrogen (secondary N) is 1. The van der Waals surface area contributed by atoms with Gasteiger partial charge in [-0.15, -0.1) is 24.8 Å². The number of halogens is 2. The molecule has 2 aliphatic heterocycles. The highest BCUT2D eigenvalue weighted by Crippen LogP contribution is 2.48. The fourth-order valence-corrected chi connectivity index (χ4v) is 3.23. The average molecular weight is 297 g/mol. The second kappa shape index (κ2) is 5.84. The lowest BCUT2D eigenvalue weighted by Gasteiger charge is -2.50. The third kappa shape index (κ3) is 3.13. The van der Waals surface area contributed by atoms with E-state index in [1.165, 1.54) is 32.2 Å². The molecule has 3 aliphatic rings. The Kier molecular flexibility index (Phi) is 5.36. The predicted octanol–water partition coefficient (Wildman–Crippen LogP) is 2.23. The number of ether oxygens (including phenoxy) is 1. The molecule has 18 heavy (non-hydrogen) atoms. The number of hydrogen-bond acceptors (Lipinski definition) is 3. The van der Waals surface area contributed by atoms with Crippen LogP contribution in [0.1, 0.15) is 39.5 Å². The Hall–Kier alpha value is 0.460. The molecule has 1 N–H and O–H groups in total. The van der Waals surface area contributed by atoms with Gasteiger partial charge in [0, 0.05) is 19.1 Å². The molecule has 0 amide bonds. The Morgan fingerprint density at radius 1 is 0.944 bits per heavy atom. The SMILES string of the molecule is CC(C)N1CC2(CCNCC2)OC2(CC2)C1.Cl.Cl. The maximum atomic E-state index is 6.51. The molecule has 3 fully saturated rings. The number of piperidine rings is 1. The Balaban J connectivity index is 0.000000810. The van der Waals surface area contributed by atoms with Crippen LogP contribution in [0.2, 0.25) is 0 Å². The molecule has 0 radical (unpaired) electrons. The first-order chi connectivity index (χ1) is 7.63. The summed E-state index contributed by atoms with van der Waals surface area (Å²) in [6.07, 6.45) is 4.95. The summed E-state index contributed by atoms with van der Waals surface area (Å²) in [6.45, 7) is 9.20. The van der Waals surface area contributed by atoms with E-state index in [2.05, 4.69) is 24.1 Å². The van der Waals surface area contributed by atoms with Crippen molar-refractivity contribution in [1.82, 2.24) is 10.2 Å². The molecule has 0 aromatic rings. The second-order valence-electron chi connectivity index (χ2n) is 6.22. The summed E-state index contributed by atoms with van der Waals surface area (Å²) < 4.78 is 6.51. The van der Waals surface area contributed by atoms with E-state index >= 15 is 0 Å². The molecular formula is C13H26Cl2N2O. The molecule has 1 saturated carbocycles. The molecule has 3 rings (SSSR count).